The van der Waals surface area contributed by atoms with Gasteiger partial charge in [-0.3, -0.25) is 0 Å². The van der Waals surface area contributed by atoms with Gasteiger partial charge in [-0.1, -0.05) is 0 Å². The highest BCUT2D eigenvalue weighted by molar-refractivity contribution is 5.50. The molecule has 0 radical (unpaired) electrons. The monoisotopic (exact) mass is 331 g/mol. The van der Waals surface area contributed by atoms with Crippen molar-refractivity contribution in [3.05, 3.63) is 17.1 Å². The highest BCUT2D eigenvalue weighted by Crippen LogP contribution is 2.30. The molecule has 2 fully saturated rings. The Bertz CT molecular complexity index is 564. The fourth-order valence-corrected chi connectivity index (χ4v) is 4.21. The highest BCUT2D eigenvalue weighted by Gasteiger charge is 2.26. The third-order valence-corrected chi connectivity index (χ3v) is 5.56. The van der Waals surface area contributed by atoms with Crippen LogP contribution in [0.1, 0.15) is 55.6 Å². The van der Waals surface area contributed by atoms with Crippen molar-refractivity contribution < 1.29 is 9.47 Å². The number of fused-ring (bicyclic) bond motifs is 1. The van der Waals surface area contributed by atoms with Crippen LogP contribution in [0.2, 0.25) is 0 Å². The number of anilines is 1. The Labute approximate surface area is 144 Å². The minimum Gasteiger partial charge on any atom is -0.376 e. The largest absolute Gasteiger partial charge is 0.376 e. The van der Waals surface area contributed by atoms with Crippen molar-refractivity contribution in [3.63, 3.8) is 0 Å². The van der Waals surface area contributed by atoms with Crippen LogP contribution in [0.4, 0.5) is 5.82 Å². The topological polar surface area (TPSA) is 47.5 Å². The van der Waals surface area contributed by atoms with Gasteiger partial charge in [0.15, 0.2) is 0 Å². The molecular weight excluding hydrogens is 302 g/mol. The molecule has 0 N–H and O–H groups in total. The van der Waals surface area contributed by atoms with Crippen molar-refractivity contribution in [2.75, 3.05) is 31.2 Å². The second kappa shape index (κ2) is 7.36. The third kappa shape index (κ3) is 3.57. The van der Waals surface area contributed by atoms with Gasteiger partial charge in [-0.15, -0.1) is 0 Å². The summed E-state index contributed by atoms with van der Waals surface area (Å²) in [5.74, 6) is 2.12. The first-order chi connectivity index (χ1) is 11.8. The average molecular weight is 331 g/mol. The lowest BCUT2D eigenvalue weighted by atomic mass is 9.95. The van der Waals surface area contributed by atoms with Crippen LogP contribution in [0.25, 0.3) is 0 Å². The van der Waals surface area contributed by atoms with Crippen LogP contribution in [0.3, 0.4) is 0 Å². The van der Waals surface area contributed by atoms with E-state index in [1.807, 2.05) is 6.92 Å². The lowest BCUT2D eigenvalue weighted by molar-refractivity contribution is -0.0280. The Hall–Kier alpha value is -1.20. The molecule has 132 valence electrons. The van der Waals surface area contributed by atoms with Crippen LogP contribution < -0.4 is 4.90 Å². The Morgan fingerprint density at radius 1 is 1.08 bits per heavy atom. The van der Waals surface area contributed by atoms with Gasteiger partial charge in [0.05, 0.1) is 18.8 Å². The molecule has 1 aromatic heterocycles. The molecule has 4 rings (SSSR count). The molecule has 1 unspecified atom stereocenters. The minimum atomic E-state index is 0.333. The van der Waals surface area contributed by atoms with E-state index in [0.29, 0.717) is 12.2 Å². The number of hydrogen-bond donors (Lipinski definition) is 0. The molecule has 1 atom stereocenters. The summed E-state index contributed by atoms with van der Waals surface area (Å²) in [5, 5.41) is 0. The summed E-state index contributed by atoms with van der Waals surface area (Å²) in [6, 6.07) is 0. The molecule has 1 aliphatic carbocycles. The van der Waals surface area contributed by atoms with E-state index >= 15 is 0 Å². The van der Waals surface area contributed by atoms with E-state index in [4.69, 9.17) is 14.5 Å². The first-order valence-corrected chi connectivity index (χ1v) is 9.64. The quantitative estimate of drug-likeness (QED) is 0.849. The molecule has 5 nitrogen and oxygen atoms in total. The number of rotatable bonds is 4. The molecule has 0 bridgehead atoms. The summed E-state index contributed by atoms with van der Waals surface area (Å²) in [7, 11) is 0. The van der Waals surface area contributed by atoms with Crippen molar-refractivity contribution in [2.45, 2.75) is 70.5 Å². The Kier molecular flexibility index (Phi) is 4.99. The van der Waals surface area contributed by atoms with E-state index in [-0.39, 0.29) is 0 Å². The maximum absolute atomic E-state index is 6.10. The van der Waals surface area contributed by atoms with Crippen LogP contribution >= 0.6 is 0 Å². The lowest BCUT2D eigenvalue weighted by Gasteiger charge is -2.35. The summed E-state index contributed by atoms with van der Waals surface area (Å²) in [6.45, 7) is 5.78. The van der Waals surface area contributed by atoms with Gasteiger partial charge in [-0.2, -0.15) is 0 Å². The first-order valence-electron chi connectivity index (χ1n) is 9.64. The zero-order valence-corrected chi connectivity index (χ0v) is 14.8. The third-order valence-electron chi connectivity index (χ3n) is 5.56. The van der Waals surface area contributed by atoms with Crippen LogP contribution in [-0.4, -0.2) is 48.5 Å². The maximum atomic E-state index is 6.10. The molecule has 1 aromatic rings. The predicted octanol–water partition coefficient (Wildman–Crippen LogP) is 2.83. The normalized spacial score (nSPS) is 25.0. The average Bonchev–Trinajstić information content (AvgIpc) is 3.13. The fraction of sp³-hybridized carbons (Fsp3) is 0.789. The molecule has 2 saturated heterocycles. The molecule has 3 aliphatic rings. The number of piperidine rings is 1. The summed E-state index contributed by atoms with van der Waals surface area (Å²) in [6.07, 6.45) is 10.0. The molecule has 0 saturated carbocycles. The first kappa shape index (κ1) is 16.3. The number of aromatic nitrogens is 2. The van der Waals surface area contributed by atoms with Crippen LogP contribution in [0.5, 0.6) is 0 Å². The fourth-order valence-electron chi connectivity index (χ4n) is 4.21. The van der Waals surface area contributed by atoms with Crippen LogP contribution in [0.15, 0.2) is 0 Å². The van der Waals surface area contributed by atoms with Gasteiger partial charge in [0.1, 0.15) is 11.6 Å². The molecule has 5 heteroatoms. The predicted molar refractivity (Wildman–Crippen MR) is 93.6 cm³/mol. The number of nitrogens with zero attached hydrogens (tertiary/aromatic N) is 3. The summed E-state index contributed by atoms with van der Waals surface area (Å²) < 4.78 is 11.8. The zero-order chi connectivity index (χ0) is 16.4. The molecule has 2 aliphatic heterocycles. The van der Waals surface area contributed by atoms with Crippen LogP contribution in [-0.2, 0) is 22.3 Å². The van der Waals surface area contributed by atoms with Gasteiger partial charge < -0.3 is 14.4 Å². The molecule has 0 spiro atoms. The Morgan fingerprint density at radius 2 is 1.92 bits per heavy atom. The maximum Gasteiger partial charge on any atom is 0.135 e. The van der Waals surface area contributed by atoms with E-state index in [2.05, 4.69) is 9.88 Å². The van der Waals surface area contributed by atoms with Gasteiger partial charge in [0, 0.05) is 31.0 Å². The van der Waals surface area contributed by atoms with Crippen molar-refractivity contribution in [3.8, 4) is 0 Å². The second-order valence-electron chi connectivity index (χ2n) is 7.38. The van der Waals surface area contributed by atoms with Gasteiger partial charge in [-0.05, 0) is 58.3 Å². The van der Waals surface area contributed by atoms with Crippen molar-refractivity contribution >= 4 is 5.82 Å². The van der Waals surface area contributed by atoms with Crippen molar-refractivity contribution in [1.82, 2.24) is 9.97 Å². The Morgan fingerprint density at radius 3 is 2.71 bits per heavy atom. The SMILES string of the molecule is Cc1nc2c(c(N3CCC(OCC4CCCO4)CC3)n1)CCCC2. The number of hydrogen-bond acceptors (Lipinski definition) is 5. The van der Waals surface area contributed by atoms with Crippen molar-refractivity contribution in [1.29, 1.82) is 0 Å². The zero-order valence-electron chi connectivity index (χ0n) is 14.8. The Balaban J connectivity index is 1.36. The van der Waals surface area contributed by atoms with E-state index in [1.165, 1.54) is 36.3 Å². The standard InChI is InChI=1S/C19H29N3O2/c1-14-20-18-7-3-2-6-17(18)19(21-14)22-10-8-15(9-11-22)24-13-16-5-4-12-23-16/h15-16H,2-13H2,1H3. The highest BCUT2D eigenvalue weighted by atomic mass is 16.5. The molecule has 24 heavy (non-hydrogen) atoms. The molecule has 0 aromatic carbocycles. The lowest BCUT2D eigenvalue weighted by Crippen LogP contribution is -2.39. The van der Waals surface area contributed by atoms with Gasteiger partial charge in [0.25, 0.3) is 0 Å². The van der Waals surface area contributed by atoms with Gasteiger partial charge in [-0.25, -0.2) is 9.97 Å². The van der Waals surface area contributed by atoms with Gasteiger partial charge >= 0.3 is 0 Å². The van der Waals surface area contributed by atoms with E-state index in [1.54, 1.807) is 0 Å². The number of ether oxygens (including phenoxy) is 2. The number of aryl methyl sites for hydroxylation is 2. The minimum absolute atomic E-state index is 0.333. The van der Waals surface area contributed by atoms with E-state index < -0.39 is 0 Å². The van der Waals surface area contributed by atoms with Crippen molar-refractivity contribution in [2.24, 2.45) is 0 Å². The molecule has 3 heterocycles. The summed E-state index contributed by atoms with van der Waals surface area (Å²) >= 11 is 0. The molecule has 0 amide bonds. The van der Waals surface area contributed by atoms with Crippen LogP contribution in [0, 0.1) is 6.92 Å². The summed E-state index contributed by atoms with van der Waals surface area (Å²) in [5.41, 5.74) is 2.70. The van der Waals surface area contributed by atoms with E-state index in [0.717, 1.165) is 64.2 Å². The smallest absolute Gasteiger partial charge is 0.135 e. The van der Waals surface area contributed by atoms with Gasteiger partial charge in [0.2, 0.25) is 0 Å². The molecular formula is C19H29N3O2. The second-order valence-corrected chi connectivity index (χ2v) is 7.38. The summed E-state index contributed by atoms with van der Waals surface area (Å²) in [4.78, 5) is 11.9. The van der Waals surface area contributed by atoms with E-state index in [9.17, 15) is 0 Å².